The molecular weight excluding hydrogens is 158 g/mol. The zero-order valence-corrected chi connectivity index (χ0v) is 8.39. The average molecular weight is 173 g/mol. The lowest BCUT2D eigenvalue weighted by atomic mass is 9.95. The summed E-state index contributed by atoms with van der Waals surface area (Å²) in [7, 11) is 0. The minimum atomic E-state index is 0.0825. The zero-order chi connectivity index (χ0) is 9.47. The summed E-state index contributed by atoms with van der Waals surface area (Å²) in [6, 6.07) is 6.38. The molecule has 0 saturated carbocycles. The second kappa shape index (κ2) is 2.63. The van der Waals surface area contributed by atoms with E-state index in [9.17, 15) is 0 Å². The minimum absolute atomic E-state index is 0.0825. The third kappa shape index (κ3) is 1.46. The highest BCUT2D eigenvalue weighted by atomic mass is 15.0. The Morgan fingerprint density at radius 3 is 2.77 bits per heavy atom. The molecular formula is C12H15N. The zero-order valence-electron chi connectivity index (χ0n) is 8.39. The molecule has 0 fully saturated rings. The normalized spacial score (nSPS) is 17.8. The summed E-state index contributed by atoms with van der Waals surface area (Å²) in [5.74, 6) is 0. The van der Waals surface area contributed by atoms with Crippen molar-refractivity contribution in [3.8, 4) is 0 Å². The van der Waals surface area contributed by atoms with Crippen molar-refractivity contribution in [1.82, 2.24) is 0 Å². The van der Waals surface area contributed by atoms with E-state index >= 15 is 0 Å². The van der Waals surface area contributed by atoms with Crippen molar-refractivity contribution in [2.75, 3.05) is 5.32 Å². The second-order valence-corrected chi connectivity index (χ2v) is 4.22. The lowest BCUT2D eigenvalue weighted by Gasteiger charge is -2.30. The molecule has 1 nitrogen and oxygen atoms in total. The molecule has 0 amide bonds. The van der Waals surface area contributed by atoms with Gasteiger partial charge < -0.3 is 5.32 Å². The molecule has 2 rings (SSSR count). The SMILES string of the molecule is Cc1cccc2c1NC(C)(C)C=C2. The van der Waals surface area contributed by atoms with E-state index in [2.05, 4.69) is 56.4 Å². The fourth-order valence-corrected chi connectivity index (χ4v) is 1.66. The Balaban J connectivity index is 2.54. The largest absolute Gasteiger partial charge is 0.376 e. The van der Waals surface area contributed by atoms with Gasteiger partial charge in [0.25, 0.3) is 0 Å². The first-order chi connectivity index (χ1) is 6.08. The summed E-state index contributed by atoms with van der Waals surface area (Å²) < 4.78 is 0. The number of anilines is 1. The predicted molar refractivity (Wildman–Crippen MR) is 57.9 cm³/mol. The van der Waals surface area contributed by atoms with Crippen LogP contribution in [0.3, 0.4) is 0 Å². The van der Waals surface area contributed by atoms with Gasteiger partial charge in [-0.05, 0) is 31.9 Å². The molecule has 0 saturated heterocycles. The summed E-state index contributed by atoms with van der Waals surface area (Å²) >= 11 is 0. The monoisotopic (exact) mass is 173 g/mol. The van der Waals surface area contributed by atoms with Crippen LogP contribution in [0.4, 0.5) is 5.69 Å². The first kappa shape index (κ1) is 8.36. The molecule has 1 heterocycles. The van der Waals surface area contributed by atoms with Crippen LogP contribution in [0.1, 0.15) is 25.0 Å². The van der Waals surface area contributed by atoms with Gasteiger partial charge in [0.15, 0.2) is 0 Å². The Morgan fingerprint density at radius 1 is 1.23 bits per heavy atom. The van der Waals surface area contributed by atoms with E-state index < -0.39 is 0 Å². The van der Waals surface area contributed by atoms with Gasteiger partial charge in [0.2, 0.25) is 0 Å². The molecule has 1 aromatic carbocycles. The molecule has 0 atom stereocenters. The highest BCUT2D eigenvalue weighted by Gasteiger charge is 2.19. The van der Waals surface area contributed by atoms with Crippen molar-refractivity contribution in [3.63, 3.8) is 0 Å². The average Bonchev–Trinajstić information content (AvgIpc) is 2.06. The molecule has 13 heavy (non-hydrogen) atoms. The van der Waals surface area contributed by atoms with E-state index in [0.29, 0.717) is 0 Å². The van der Waals surface area contributed by atoms with Gasteiger partial charge in [0, 0.05) is 5.69 Å². The molecule has 1 aliphatic heterocycles. The number of hydrogen-bond donors (Lipinski definition) is 1. The molecule has 0 bridgehead atoms. The van der Waals surface area contributed by atoms with Gasteiger partial charge in [-0.25, -0.2) is 0 Å². The summed E-state index contributed by atoms with van der Waals surface area (Å²) in [5.41, 5.74) is 3.96. The molecule has 1 N–H and O–H groups in total. The quantitative estimate of drug-likeness (QED) is 0.635. The summed E-state index contributed by atoms with van der Waals surface area (Å²) in [5, 5.41) is 3.52. The van der Waals surface area contributed by atoms with Gasteiger partial charge in [-0.15, -0.1) is 0 Å². The fourth-order valence-electron chi connectivity index (χ4n) is 1.66. The van der Waals surface area contributed by atoms with Crippen LogP contribution in [0.5, 0.6) is 0 Å². The van der Waals surface area contributed by atoms with Gasteiger partial charge in [-0.1, -0.05) is 30.4 Å². The molecule has 0 radical (unpaired) electrons. The van der Waals surface area contributed by atoms with Crippen LogP contribution in [-0.4, -0.2) is 5.54 Å². The number of fused-ring (bicyclic) bond motifs is 1. The Labute approximate surface area is 79.5 Å². The molecule has 1 heteroatoms. The fraction of sp³-hybridized carbons (Fsp3) is 0.333. The van der Waals surface area contributed by atoms with Crippen molar-refractivity contribution in [1.29, 1.82) is 0 Å². The summed E-state index contributed by atoms with van der Waals surface area (Å²) in [6.45, 7) is 6.50. The number of hydrogen-bond acceptors (Lipinski definition) is 1. The molecule has 68 valence electrons. The smallest absolute Gasteiger partial charge is 0.0503 e. The Hall–Kier alpha value is -1.24. The van der Waals surface area contributed by atoms with Crippen molar-refractivity contribution < 1.29 is 0 Å². The number of benzene rings is 1. The van der Waals surface area contributed by atoms with E-state index in [0.717, 1.165) is 0 Å². The third-order valence-electron chi connectivity index (χ3n) is 2.43. The standard InChI is InChI=1S/C12H15N/c1-9-5-4-6-10-7-8-12(2,3)13-11(9)10/h4-8,13H,1-3H3. The van der Waals surface area contributed by atoms with E-state index in [4.69, 9.17) is 0 Å². The highest BCUT2D eigenvalue weighted by Crippen LogP contribution is 2.30. The van der Waals surface area contributed by atoms with Gasteiger partial charge in [-0.2, -0.15) is 0 Å². The molecule has 0 aromatic heterocycles. The van der Waals surface area contributed by atoms with Crippen LogP contribution in [-0.2, 0) is 0 Å². The highest BCUT2D eigenvalue weighted by molar-refractivity contribution is 5.74. The van der Waals surface area contributed by atoms with Crippen molar-refractivity contribution >= 4 is 11.8 Å². The van der Waals surface area contributed by atoms with Gasteiger partial charge >= 0.3 is 0 Å². The van der Waals surface area contributed by atoms with Gasteiger partial charge in [-0.3, -0.25) is 0 Å². The van der Waals surface area contributed by atoms with Crippen LogP contribution in [0.2, 0.25) is 0 Å². The Morgan fingerprint density at radius 2 is 2.00 bits per heavy atom. The molecule has 0 aliphatic carbocycles. The van der Waals surface area contributed by atoms with Gasteiger partial charge in [0.05, 0.1) is 5.54 Å². The van der Waals surface area contributed by atoms with Gasteiger partial charge in [0.1, 0.15) is 0 Å². The Kier molecular flexibility index (Phi) is 1.69. The third-order valence-corrected chi connectivity index (χ3v) is 2.43. The minimum Gasteiger partial charge on any atom is -0.376 e. The van der Waals surface area contributed by atoms with E-state index in [1.165, 1.54) is 16.8 Å². The molecule has 1 aromatic rings. The molecule has 1 aliphatic rings. The maximum Gasteiger partial charge on any atom is 0.0503 e. The summed E-state index contributed by atoms with van der Waals surface area (Å²) in [6.07, 6.45) is 4.40. The predicted octanol–water partition coefficient (Wildman–Crippen LogP) is 3.21. The topological polar surface area (TPSA) is 12.0 Å². The van der Waals surface area contributed by atoms with Crippen LogP contribution in [0, 0.1) is 6.92 Å². The summed E-state index contributed by atoms with van der Waals surface area (Å²) in [4.78, 5) is 0. The second-order valence-electron chi connectivity index (χ2n) is 4.22. The maximum atomic E-state index is 3.52. The van der Waals surface area contributed by atoms with E-state index in [-0.39, 0.29) is 5.54 Å². The van der Waals surface area contributed by atoms with Crippen molar-refractivity contribution in [2.24, 2.45) is 0 Å². The lowest BCUT2D eigenvalue weighted by Crippen LogP contribution is -2.30. The van der Waals surface area contributed by atoms with E-state index in [1.54, 1.807) is 0 Å². The number of rotatable bonds is 0. The first-order valence-electron chi connectivity index (χ1n) is 4.65. The number of para-hydroxylation sites is 1. The maximum absolute atomic E-state index is 3.52. The van der Waals surface area contributed by atoms with Crippen molar-refractivity contribution in [2.45, 2.75) is 26.3 Å². The van der Waals surface area contributed by atoms with Crippen LogP contribution >= 0.6 is 0 Å². The molecule has 0 spiro atoms. The first-order valence-corrected chi connectivity index (χ1v) is 4.65. The van der Waals surface area contributed by atoms with Crippen LogP contribution in [0.15, 0.2) is 24.3 Å². The number of nitrogens with one attached hydrogen (secondary N) is 1. The van der Waals surface area contributed by atoms with Crippen LogP contribution < -0.4 is 5.32 Å². The van der Waals surface area contributed by atoms with E-state index in [1.807, 2.05) is 0 Å². The van der Waals surface area contributed by atoms with Crippen LogP contribution in [0.25, 0.3) is 6.08 Å². The molecule has 0 unspecified atom stereocenters. The Bertz CT molecular complexity index is 361. The number of aryl methyl sites for hydroxylation is 1. The van der Waals surface area contributed by atoms with Crippen molar-refractivity contribution in [3.05, 3.63) is 35.4 Å². The lowest BCUT2D eigenvalue weighted by molar-refractivity contribution is 0.710.